The number of aromatic amines is 1. The lowest BCUT2D eigenvalue weighted by Gasteiger charge is -2.28. The molecule has 5 rings (SSSR count). The van der Waals surface area contributed by atoms with Crippen LogP contribution < -0.4 is 20.8 Å². The maximum absolute atomic E-state index is 14.9. The Bertz CT molecular complexity index is 1440. The number of nitrogens with one attached hydrogen (secondary N) is 3. The standard InChI is InChI=1S/C24H21FN4O3/c1-24(2,13-9-20-22(27-12-13)26-7-8-32-20)29-23(31)15-11-19-16(10-17(15)25)21(30)14-5-3-4-6-18(14)28-19/h3-6,9-12H,7-8H2,1-2H3,(H,26,27)(H,28,30)(H,29,31). The van der Waals surface area contributed by atoms with Crippen LogP contribution in [0.5, 0.6) is 5.75 Å². The number of para-hydroxylation sites is 1. The molecule has 0 bridgehead atoms. The summed E-state index contributed by atoms with van der Waals surface area (Å²) < 4.78 is 20.5. The Morgan fingerprint density at radius 3 is 2.81 bits per heavy atom. The van der Waals surface area contributed by atoms with Gasteiger partial charge in [0.25, 0.3) is 5.91 Å². The highest BCUT2D eigenvalue weighted by molar-refractivity contribution is 6.00. The second-order valence-corrected chi connectivity index (χ2v) is 8.30. The van der Waals surface area contributed by atoms with Gasteiger partial charge in [0.1, 0.15) is 12.4 Å². The van der Waals surface area contributed by atoms with Gasteiger partial charge >= 0.3 is 0 Å². The van der Waals surface area contributed by atoms with Gasteiger partial charge in [-0.05, 0) is 49.7 Å². The Morgan fingerprint density at radius 1 is 1.16 bits per heavy atom. The van der Waals surface area contributed by atoms with Gasteiger partial charge in [0.2, 0.25) is 0 Å². The maximum atomic E-state index is 14.9. The van der Waals surface area contributed by atoms with Crippen LogP contribution >= 0.6 is 0 Å². The van der Waals surface area contributed by atoms with Crippen molar-refractivity contribution in [2.24, 2.45) is 0 Å². The van der Waals surface area contributed by atoms with Gasteiger partial charge in [-0.1, -0.05) is 12.1 Å². The summed E-state index contributed by atoms with van der Waals surface area (Å²) in [5.41, 5.74) is 0.450. The number of hydrogen-bond donors (Lipinski definition) is 3. The number of aromatic nitrogens is 2. The molecule has 3 heterocycles. The molecule has 4 aromatic rings. The van der Waals surface area contributed by atoms with Gasteiger partial charge in [0.15, 0.2) is 17.0 Å². The van der Waals surface area contributed by atoms with E-state index < -0.39 is 17.3 Å². The molecule has 162 valence electrons. The summed E-state index contributed by atoms with van der Waals surface area (Å²) in [4.78, 5) is 33.3. The van der Waals surface area contributed by atoms with E-state index in [1.165, 1.54) is 6.07 Å². The van der Waals surface area contributed by atoms with Gasteiger partial charge in [0, 0.05) is 22.5 Å². The van der Waals surface area contributed by atoms with E-state index in [0.717, 1.165) is 6.07 Å². The lowest BCUT2D eigenvalue weighted by atomic mass is 9.94. The molecule has 32 heavy (non-hydrogen) atoms. The zero-order chi connectivity index (χ0) is 22.5. The number of H-pyrrole nitrogens is 1. The molecule has 8 heteroatoms. The molecule has 0 saturated carbocycles. The number of fused-ring (bicyclic) bond motifs is 3. The summed E-state index contributed by atoms with van der Waals surface area (Å²) >= 11 is 0. The number of halogens is 1. The van der Waals surface area contributed by atoms with Crippen molar-refractivity contribution in [3.05, 3.63) is 75.8 Å². The van der Waals surface area contributed by atoms with Crippen LogP contribution in [-0.4, -0.2) is 29.0 Å². The fraction of sp³-hybridized carbons (Fsp3) is 0.208. The molecule has 0 fully saturated rings. The first-order chi connectivity index (χ1) is 15.3. The quantitative estimate of drug-likeness (QED) is 0.429. The van der Waals surface area contributed by atoms with E-state index in [9.17, 15) is 14.0 Å². The summed E-state index contributed by atoms with van der Waals surface area (Å²) in [7, 11) is 0. The Labute approximate surface area is 182 Å². The molecule has 2 aromatic heterocycles. The van der Waals surface area contributed by atoms with Crippen LogP contribution in [0.1, 0.15) is 29.8 Å². The van der Waals surface area contributed by atoms with Crippen molar-refractivity contribution >= 4 is 33.5 Å². The first-order valence-electron chi connectivity index (χ1n) is 10.3. The highest BCUT2D eigenvalue weighted by Crippen LogP contribution is 2.30. The van der Waals surface area contributed by atoms with Gasteiger partial charge in [-0.3, -0.25) is 9.59 Å². The molecule has 0 spiro atoms. The van der Waals surface area contributed by atoms with E-state index in [4.69, 9.17) is 4.74 Å². The molecule has 0 unspecified atom stereocenters. The lowest BCUT2D eigenvalue weighted by molar-refractivity contribution is 0.0907. The number of carbonyl (C=O) groups excluding carboxylic acids is 1. The maximum Gasteiger partial charge on any atom is 0.255 e. The van der Waals surface area contributed by atoms with E-state index in [2.05, 4.69) is 20.6 Å². The Hall–Kier alpha value is -3.94. The Morgan fingerprint density at radius 2 is 1.97 bits per heavy atom. The van der Waals surface area contributed by atoms with Crippen LogP contribution in [0, 0.1) is 5.82 Å². The van der Waals surface area contributed by atoms with Gasteiger partial charge in [-0.2, -0.15) is 0 Å². The van der Waals surface area contributed by atoms with Crippen molar-refractivity contribution in [1.29, 1.82) is 0 Å². The number of anilines is 1. The van der Waals surface area contributed by atoms with Crippen molar-refractivity contribution in [3.8, 4) is 5.75 Å². The van der Waals surface area contributed by atoms with E-state index in [1.54, 1.807) is 44.3 Å². The predicted octanol–water partition coefficient (Wildman–Crippen LogP) is 3.68. The zero-order valence-corrected chi connectivity index (χ0v) is 17.6. The molecular weight excluding hydrogens is 411 g/mol. The van der Waals surface area contributed by atoms with Crippen molar-refractivity contribution in [3.63, 3.8) is 0 Å². The van der Waals surface area contributed by atoms with Crippen molar-refractivity contribution < 1.29 is 13.9 Å². The van der Waals surface area contributed by atoms with Crippen molar-refractivity contribution in [1.82, 2.24) is 15.3 Å². The van der Waals surface area contributed by atoms with Crippen LogP contribution in [0.2, 0.25) is 0 Å². The third-order valence-corrected chi connectivity index (χ3v) is 5.69. The first-order valence-corrected chi connectivity index (χ1v) is 10.3. The molecule has 0 saturated heterocycles. The SMILES string of the molecule is CC(C)(NC(=O)c1cc2[nH]c3ccccc3c(=O)c2cc1F)c1cnc2c(c1)OCCN2. The summed E-state index contributed by atoms with van der Waals surface area (Å²) in [5, 5.41) is 6.68. The molecule has 7 nitrogen and oxygen atoms in total. The van der Waals surface area contributed by atoms with E-state index in [0.29, 0.717) is 46.7 Å². The Kier molecular flexibility index (Phi) is 4.58. The summed E-state index contributed by atoms with van der Waals surface area (Å²) in [6.07, 6.45) is 1.65. The highest BCUT2D eigenvalue weighted by Gasteiger charge is 2.27. The second-order valence-electron chi connectivity index (χ2n) is 8.30. The second kappa shape index (κ2) is 7.33. The molecule has 1 amide bonds. The van der Waals surface area contributed by atoms with E-state index in [1.807, 2.05) is 6.07 Å². The molecule has 1 aliphatic rings. The van der Waals surface area contributed by atoms with E-state index >= 15 is 0 Å². The average Bonchev–Trinajstić information content (AvgIpc) is 2.79. The monoisotopic (exact) mass is 432 g/mol. The van der Waals surface area contributed by atoms with Crippen LogP contribution in [0.3, 0.4) is 0 Å². The largest absolute Gasteiger partial charge is 0.488 e. The summed E-state index contributed by atoms with van der Waals surface area (Å²) in [6.45, 7) is 4.82. The minimum absolute atomic E-state index is 0.152. The van der Waals surface area contributed by atoms with E-state index in [-0.39, 0.29) is 16.4 Å². The molecule has 3 N–H and O–H groups in total. The van der Waals surface area contributed by atoms with Crippen molar-refractivity contribution in [2.45, 2.75) is 19.4 Å². The fourth-order valence-electron chi connectivity index (χ4n) is 3.90. The van der Waals surface area contributed by atoms with Crippen LogP contribution in [0.15, 0.2) is 53.5 Å². The molecule has 2 aromatic carbocycles. The highest BCUT2D eigenvalue weighted by atomic mass is 19.1. The number of rotatable bonds is 3. The number of carbonyl (C=O) groups is 1. The first kappa shape index (κ1) is 20.0. The van der Waals surface area contributed by atoms with Crippen LogP contribution in [0.25, 0.3) is 21.8 Å². The minimum atomic E-state index is -0.849. The van der Waals surface area contributed by atoms with Crippen molar-refractivity contribution in [2.75, 3.05) is 18.5 Å². The third-order valence-electron chi connectivity index (χ3n) is 5.69. The number of ether oxygens (including phenoxy) is 1. The number of benzene rings is 2. The van der Waals surface area contributed by atoms with Crippen LogP contribution in [-0.2, 0) is 5.54 Å². The normalized spacial score (nSPS) is 13.3. The van der Waals surface area contributed by atoms with Crippen LogP contribution in [0.4, 0.5) is 10.2 Å². The number of amides is 1. The third kappa shape index (κ3) is 3.33. The average molecular weight is 432 g/mol. The molecule has 1 aliphatic heterocycles. The number of pyridine rings is 2. The Balaban J connectivity index is 1.51. The summed E-state index contributed by atoms with van der Waals surface area (Å²) in [6, 6.07) is 11.3. The smallest absolute Gasteiger partial charge is 0.255 e. The van der Waals surface area contributed by atoms with Gasteiger partial charge in [-0.15, -0.1) is 0 Å². The van der Waals surface area contributed by atoms with Gasteiger partial charge in [-0.25, -0.2) is 9.37 Å². The van der Waals surface area contributed by atoms with Gasteiger partial charge < -0.3 is 20.4 Å². The molecule has 0 atom stereocenters. The topological polar surface area (TPSA) is 96.1 Å². The number of nitrogens with zero attached hydrogens (tertiary/aromatic N) is 1. The molecule has 0 radical (unpaired) electrons. The minimum Gasteiger partial charge on any atom is -0.488 e. The lowest BCUT2D eigenvalue weighted by Crippen LogP contribution is -2.41. The van der Waals surface area contributed by atoms with Gasteiger partial charge in [0.05, 0.1) is 23.2 Å². The predicted molar refractivity (Wildman–Crippen MR) is 121 cm³/mol. The zero-order valence-electron chi connectivity index (χ0n) is 17.6. The fourth-order valence-corrected chi connectivity index (χ4v) is 3.90. The summed E-state index contributed by atoms with van der Waals surface area (Å²) in [5.74, 6) is -0.0980. The number of hydrogen-bond acceptors (Lipinski definition) is 5. The molecular formula is C24H21FN4O3. The molecule has 0 aliphatic carbocycles.